The van der Waals surface area contributed by atoms with Crippen LogP contribution in [0.3, 0.4) is 0 Å². The maximum Gasteiger partial charge on any atom is 0.422 e. The molecule has 0 fully saturated rings. The van der Waals surface area contributed by atoms with Crippen molar-refractivity contribution in [2.75, 3.05) is 32.7 Å². The molecule has 0 aromatic carbocycles. The first-order valence-electron chi connectivity index (χ1n) is 10.5. The lowest BCUT2D eigenvalue weighted by Gasteiger charge is -2.19. The minimum Gasteiger partial charge on any atom is -0.487 e. The highest BCUT2D eigenvalue weighted by Gasteiger charge is 2.33. The Morgan fingerprint density at radius 2 is 1.94 bits per heavy atom. The number of nitrogens with zero attached hydrogens (tertiary/aromatic N) is 6. The van der Waals surface area contributed by atoms with Gasteiger partial charge in [-0.15, -0.1) is 10.2 Å². The van der Waals surface area contributed by atoms with Crippen molar-refractivity contribution in [3.8, 4) is 22.9 Å². The van der Waals surface area contributed by atoms with Crippen molar-refractivity contribution < 1.29 is 35.8 Å². The van der Waals surface area contributed by atoms with Crippen LogP contribution in [-0.2, 0) is 26.7 Å². The molecule has 1 aliphatic rings. The van der Waals surface area contributed by atoms with Crippen LogP contribution in [0.2, 0.25) is 5.02 Å². The number of alkyl halides is 3. The van der Waals surface area contributed by atoms with E-state index < -0.39 is 34.4 Å². The SMILES string of the molecule is COC[C@@H]1COc2c(OCC(F)(F)F)cncc2-c2nnc(CS(=O)(=O)CCc3ncc(Cl)cn3)n21. The number of halogens is 4. The Kier molecular flexibility index (Phi) is 7.61. The summed E-state index contributed by atoms with van der Waals surface area (Å²) in [6.07, 6.45) is 0.695. The summed E-state index contributed by atoms with van der Waals surface area (Å²) in [4.78, 5) is 11.9. The fourth-order valence-electron chi connectivity index (χ4n) is 3.54. The van der Waals surface area contributed by atoms with Crippen LogP contribution in [0.4, 0.5) is 13.2 Å². The predicted molar refractivity (Wildman–Crippen MR) is 119 cm³/mol. The number of methoxy groups -OCH3 is 1. The first kappa shape index (κ1) is 26.0. The molecule has 0 bridgehead atoms. The van der Waals surface area contributed by atoms with Gasteiger partial charge in [-0.2, -0.15) is 13.2 Å². The van der Waals surface area contributed by atoms with Crippen molar-refractivity contribution >= 4 is 21.4 Å². The van der Waals surface area contributed by atoms with Crippen LogP contribution in [0.5, 0.6) is 11.5 Å². The zero-order valence-electron chi connectivity index (χ0n) is 18.8. The zero-order chi connectivity index (χ0) is 25.9. The summed E-state index contributed by atoms with van der Waals surface area (Å²) in [5, 5.41) is 8.51. The number of rotatable bonds is 9. The van der Waals surface area contributed by atoms with Gasteiger partial charge < -0.3 is 18.8 Å². The van der Waals surface area contributed by atoms with Gasteiger partial charge in [0.15, 0.2) is 33.8 Å². The molecule has 11 nitrogen and oxygen atoms in total. The Morgan fingerprint density at radius 1 is 1.19 bits per heavy atom. The Bertz CT molecular complexity index is 1320. The smallest absolute Gasteiger partial charge is 0.422 e. The van der Waals surface area contributed by atoms with E-state index in [1.54, 1.807) is 4.57 Å². The van der Waals surface area contributed by atoms with Crippen LogP contribution in [-0.4, -0.2) is 77.0 Å². The number of hydrogen-bond donors (Lipinski definition) is 0. The van der Waals surface area contributed by atoms with Gasteiger partial charge in [0.25, 0.3) is 0 Å². The van der Waals surface area contributed by atoms with Crippen LogP contribution >= 0.6 is 11.6 Å². The number of pyridine rings is 1. The second-order valence-electron chi connectivity index (χ2n) is 7.81. The van der Waals surface area contributed by atoms with Gasteiger partial charge in [-0.1, -0.05) is 11.6 Å². The van der Waals surface area contributed by atoms with E-state index in [-0.39, 0.29) is 54.1 Å². The summed E-state index contributed by atoms with van der Waals surface area (Å²) in [7, 11) is -2.24. The fraction of sp³-hybridized carbons (Fsp3) is 0.450. The van der Waals surface area contributed by atoms with Crippen molar-refractivity contribution in [1.29, 1.82) is 0 Å². The second kappa shape index (κ2) is 10.5. The summed E-state index contributed by atoms with van der Waals surface area (Å²) in [5.74, 6) is -0.343. The molecule has 3 aromatic rings. The molecule has 16 heteroatoms. The van der Waals surface area contributed by atoms with Crippen molar-refractivity contribution in [1.82, 2.24) is 29.7 Å². The van der Waals surface area contributed by atoms with E-state index in [4.69, 9.17) is 25.8 Å². The molecule has 0 amide bonds. The minimum atomic E-state index is -4.56. The molecule has 1 aliphatic heterocycles. The lowest BCUT2D eigenvalue weighted by Crippen LogP contribution is -2.24. The molecule has 0 saturated heterocycles. The van der Waals surface area contributed by atoms with Crippen molar-refractivity contribution in [2.45, 2.75) is 24.4 Å². The molecule has 0 radical (unpaired) electrons. The summed E-state index contributed by atoms with van der Waals surface area (Å²) in [6.45, 7) is -1.51. The lowest BCUT2D eigenvalue weighted by atomic mass is 10.2. The highest BCUT2D eigenvalue weighted by molar-refractivity contribution is 7.90. The number of aryl methyl sites for hydroxylation is 1. The zero-order valence-corrected chi connectivity index (χ0v) is 20.3. The van der Waals surface area contributed by atoms with Gasteiger partial charge in [0.2, 0.25) is 0 Å². The molecule has 0 N–H and O–H groups in total. The first-order chi connectivity index (χ1) is 17.1. The van der Waals surface area contributed by atoms with E-state index in [1.807, 2.05) is 0 Å². The first-order valence-corrected chi connectivity index (χ1v) is 12.7. The number of fused-ring (bicyclic) bond motifs is 3. The van der Waals surface area contributed by atoms with E-state index >= 15 is 0 Å². The molecular formula is C20H20ClF3N6O5S. The normalized spacial score (nSPS) is 15.5. The van der Waals surface area contributed by atoms with Crippen molar-refractivity contribution in [3.05, 3.63) is 41.5 Å². The number of aromatic nitrogens is 6. The van der Waals surface area contributed by atoms with Crippen LogP contribution in [0.25, 0.3) is 11.4 Å². The fourth-order valence-corrected chi connectivity index (χ4v) is 4.87. The third-order valence-corrected chi connectivity index (χ3v) is 6.79. The molecular weight excluding hydrogens is 529 g/mol. The number of ether oxygens (including phenoxy) is 3. The average Bonchev–Trinajstić information content (AvgIpc) is 3.14. The summed E-state index contributed by atoms with van der Waals surface area (Å²) in [6, 6.07) is -0.576. The molecule has 0 unspecified atom stereocenters. The highest BCUT2D eigenvalue weighted by atomic mass is 35.5. The quantitative estimate of drug-likeness (QED) is 0.393. The molecule has 194 valence electrons. The highest BCUT2D eigenvalue weighted by Crippen LogP contribution is 2.41. The molecule has 4 rings (SSSR count). The Labute approximate surface area is 208 Å². The van der Waals surface area contributed by atoms with Gasteiger partial charge in [-0.25, -0.2) is 18.4 Å². The molecule has 0 aliphatic carbocycles. The Balaban J connectivity index is 1.63. The molecule has 3 aromatic heterocycles. The standard InChI is InChI=1S/C20H20ClF3N6O5S/c1-33-8-13-9-34-18-14(6-25-7-15(18)35-11-20(22,23)24)19-29-28-17(30(13)19)10-36(31,32)3-2-16-26-4-12(21)5-27-16/h4-7,13H,2-3,8-11H2,1H3/t13-/m1/s1. The van der Waals surface area contributed by atoms with Crippen LogP contribution < -0.4 is 9.47 Å². The van der Waals surface area contributed by atoms with Gasteiger partial charge in [0, 0.05) is 32.1 Å². The van der Waals surface area contributed by atoms with Gasteiger partial charge >= 0.3 is 6.18 Å². The third kappa shape index (κ3) is 6.20. The summed E-state index contributed by atoms with van der Waals surface area (Å²) in [5.41, 5.74) is 0.207. The van der Waals surface area contributed by atoms with E-state index in [1.165, 1.54) is 25.7 Å². The predicted octanol–water partition coefficient (Wildman–Crippen LogP) is 2.46. The summed E-state index contributed by atoms with van der Waals surface area (Å²) < 4.78 is 81.4. The van der Waals surface area contributed by atoms with Gasteiger partial charge in [0.1, 0.15) is 24.0 Å². The molecule has 4 heterocycles. The molecule has 0 saturated carbocycles. The van der Waals surface area contributed by atoms with E-state index in [2.05, 4.69) is 25.1 Å². The van der Waals surface area contributed by atoms with Crippen LogP contribution in [0.1, 0.15) is 17.7 Å². The summed E-state index contributed by atoms with van der Waals surface area (Å²) >= 11 is 5.76. The van der Waals surface area contributed by atoms with Crippen molar-refractivity contribution in [2.24, 2.45) is 0 Å². The van der Waals surface area contributed by atoms with Crippen LogP contribution in [0.15, 0.2) is 24.8 Å². The number of hydrogen-bond acceptors (Lipinski definition) is 10. The lowest BCUT2D eigenvalue weighted by molar-refractivity contribution is -0.153. The van der Waals surface area contributed by atoms with Gasteiger partial charge in [0.05, 0.1) is 35.2 Å². The van der Waals surface area contributed by atoms with Gasteiger partial charge in [-0.05, 0) is 0 Å². The average molecular weight is 549 g/mol. The second-order valence-corrected chi connectivity index (χ2v) is 10.4. The molecule has 36 heavy (non-hydrogen) atoms. The maximum atomic E-state index is 12.9. The topological polar surface area (TPSA) is 131 Å². The van der Waals surface area contributed by atoms with E-state index in [0.717, 1.165) is 6.20 Å². The minimum absolute atomic E-state index is 0.00389. The van der Waals surface area contributed by atoms with Gasteiger partial charge in [-0.3, -0.25) is 4.98 Å². The number of sulfone groups is 1. The third-order valence-electron chi connectivity index (χ3n) is 5.07. The Hall–Kier alpha value is -3.04. The van der Waals surface area contributed by atoms with E-state index in [9.17, 15) is 21.6 Å². The Morgan fingerprint density at radius 3 is 2.64 bits per heavy atom. The molecule has 0 spiro atoms. The van der Waals surface area contributed by atoms with Crippen molar-refractivity contribution in [3.63, 3.8) is 0 Å². The largest absolute Gasteiger partial charge is 0.487 e. The molecule has 1 atom stereocenters. The monoisotopic (exact) mass is 548 g/mol. The van der Waals surface area contributed by atoms with E-state index in [0.29, 0.717) is 10.8 Å². The maximum absolute atomic E-state index is 12.9. The van der Waals surface area contributed by atoms with Crippen LogP contribution in [0, 0.1) is 0 Å².